The number of nitro groups is 2. The van der Waals surface area contributed by atoms with Crippen LogP contribution in [0.4, 0.5) is 21.0 Å². The van der Waals surface area contributed by atoms with E-state index in [1.165, 1.54) is 70.2 Å². The Balaban J connectivity index is 1.05. The van der Waals surface area contributed by atoms with Crippen LogP contribution in [0, 0.1) is 32.1 Å². The maximum absolute atomic E-state index is 14.2. The monoisotopic (exact) mass is 883 g/mol. The summed E-state index contributed by atoms with van der Waals surface area (Å²) in [7, 11) is 0. The molecule has 1 unspecified atom stereocenters. The van der Waals surface area contributed by atoms with Gasteiger partial charge >= 0.3 is 18.2 Å². The van der Waals surface area contributed by atoms with Crippen LogP contribution in [-0.4, -0.2) is 138 Å². The normalized spacial score (nSPS) is 23.9. The molecule has 5 amide bonds. The minimum Gasteiger partial charge on any atom is -0.477 e. The van der Waals surface area contributed by atoms with Crippen molar-refractivity contribution in [3.63, 3.8) is 0 Å². The Morgan fingerprint density at radius 2 is 1.53 bits per heavy atom. The van der Waals surface area contributed by atoms with Crippen molar-refractivity contribution in [3.8, 4) is 0 Å². The summed E-state index contributed by atoms with van der Waals surface area (Å²) >= 11 is 1.15. The number of carboxylic acid groups (broad SMARTS) is 1. The number of carbonyl (C=O) groups is 6. The highest BCUT2D eigenvalue weighted by Crippen LogP contribution is 2.52. The zero-order valence-electron chi connectivity index (χ0n) is 33.5. The molecule has 22 nitrogen and oxygen atoms in total. The van der Waals surface area contributed by atoms with Crippen LogP contribution in [0.2, 0.25) is 0 Å². The van der Waals surface area contributed by atoms with Crippen LogP contribution in [0.3, 0.4) is 0 Å². The molecule has 4 aliphatic heterocycles. The fourth-order valence-electron chi connectivity index (χ4n) is 8.10. The van der Waals surface area contributed by atoms with Crippen LogP contribution in [-0.2, 0) is 41.9 Å². The molecule has 0 spiro atoms. The van der Waals surface area contributed by atoms with Gasteiger partial charge in [-0.3, -0.25) is 39.5 Å². The van der Waals surface area contributed by atoms with Crippen molar-refractivity contribution in [2.75, 3.05) is 26.2 Å². The fraction of sp³-hybridized carbons (Fsp3) is 0.487. The van der Waals surface area contributed by atoms with Crippen molar-refractivity contribution in [2.45, 2.75) is 81.9 Å². The lowest BCUT2D eigenvalue weighted by atomic mass is 9.79. The number of amides is 5. The highest BCUT2D eigenvalue weighted by Gasteiger charge is 2.60. The molecule has 0 bridgehead atoms. The molecular weight excluding hydrogens is 839 g/mol. The number of likely N-dealkylation sites (tertiary alicyclic amines) is 2. The summed E-state index contributed by atoms with van der Waals surface area (Å²) < 4.78 is 10.6. The van der Waals surface area contributed by atoms with Crippen LogP contribution in [0.25, 0.3) is 0 Å². The first-order valence-corrected chi connectivity index (χ1v) is 20.5. The van der Waals surface area contributed by atoms with E-state index in [4.69, 9.17) is 9.47 Å². The number of aliphatic hydroxyl groups excluding tert-OH is 2. The Labute approximate surface area is 357 Å². The summed E-state index contributed by atoms with van der Waals surface area (Å²) in [5.74, 6) is -4.06. The van der Waals surface area contributed by atoms with E-state index in [0.29, 0.717) is 22.5 Å². The number of nitro benzene ring substituents is 2. The molecule has 0 aliphatic carbocycles. The molecule has 4 aliphatic rings. The number of carbonyl (C=O) groups excluding carboxylic acids is 5. The van der Waals surface area contributed by atoms with Crippen LogP contribution in [0.5, 0.6) is 0 Å². The Morgan fingerprint density at radius 3 is 2.10 bits per heavy atom. The topological polar surface area (TPSA) is 302 Å². The summed E-state index contributed by atoms with van der Waals surface area (Å²) in [6.45, 7) is 2.70. The van der Waals surface area contributed by atoms with Crippen molar-refractivity contribution in [1.29, 1.82) is 0 Å². The summed E-state index contributed by atoms with van der Waals surface area (Å²) in [6.07, 6.45) is -3.99. The van der Waals surface area contributed by atoms with Crippen LogP contribution in [0.15, 0.2) is 59.1 Å². The van der Waals surface area contributed by atoms with Gasteiger partial charge in [-0.15, -0.1) is 11.8 Å². The first-order chi connectivity index (χ1) is 29.4. The lowest BCUT2D eigenvalue weighted by molar-refractivity contribution is -0.385. The number of nitrogens with one attached hydrogen (secondary N) is 2. The number of benzene rings is 2. The van der Waals surface area contributed by atoms with Gasteiger partial charge in [0.2, 0.25) is 17.7 Å². The highest BCUT2D eigenvalue weighted by atomic mass is 32.2. The van der Waals surface area contributed by atoms with Crippen LogP contribution in [0.1, 0.15) is 44.2 Å². The molecule has 62 heavy (non-hydrogen) atoms. The van der Waals surface area contributed by atoms with E-state index in [1.54, 1.807) is 6.92 Å². The number of aliphatic carboxylic acids is 1. The molecule has 8 atom stereocenters. The Kier molecular flexibility index (Phi) is 14.0. The molecular formula is C39H45N7O15S. The number of hydrogen-bond donors (Lipinski definition) is 5. The predicted molar refractivity (Wildman–Crippen MR) is 214 cm³/mol. The largest absolute Gasteiger partial charge is 0.477 e. The fourth-order valence-corrected chi connectivity index (χ4v) is 9.62. The molecule has 0 saturated carbocycles. The number of nitrogens with zero attached hydrogens (tertiary/aromatic N) is 5. The highest BCUT2D eigenvalue weighted by molar-refractivity contribution is 8.03. The molecule has 0 radical (unpaired) electrons. The van der Waals surface area contributed by atoms with Gasteiger partial charge in [-0.1, -0.05) is 6.92 Å². The maximum atomic E-state index is 14.2. The van der Waals surface area contributed by atoms with Crippen LogP contribution < -0.4 is 10.6 Å². The van der Waals surface area contributed by atoms with E-state index in [0.717, 1.165) is 11.8 Å². The molecule has 2 aromatic rings. The van der Waals surface area contributed by atoms with Gasteiger partial charge in [0.25, 0.3) is 11.4 Å². The van der Waals surface area contributed by atoms with Gasteiger partial charge in [-0.25, -0.2) is 14.4 Å². The minimum atomic E-state index is -1.32. The quantitative estimate of drug-likeness (QED) is 0.0913. The number of alkyl carbamates (subject to hydrolysis) is 1. The summed E-state index contributed by atoms with van der Waals surface area (Å²) in [5.41, 5.74) is 0.472. The van der Waals surface area contributed by atoms with Crippen molar-refractivity contribution in [3.05, 3.63) is 90.5 Å². The molecule has 332 valence electrons. The minimum absolute atomic E-state index is 0.0355. The number of aliphatic hydroxyl groups is 2. The average Bonchev–Trinajstić information content (AvgIpc) is 3.93. The van der Waals surface area contributed by atoms with Crippen LogP contribution >= 0.6 is 11.8 Å². The number of non-ortho nitro benzene ring substituents is 2. The second kappa shape index (κ2) is 19.2. The van der Waals surface area contributed by atoms with Gasteiger partial charge in [-0.05, 0) is 55.2 Å². The second-order valence-corrected chi connectivity index (χ2v) is 16.8. The first kappa shape index (κ1) is 45.2. The molecule has 5 N–H and O–H groups in total. The van der Waals surface area contributed by atoms with Crippen molar-refractivity contribution < 1.29 is 63.4 Å². The van der Waals surface area contributed by atoms with Crippen molar-refractivity contribution >= 4 is 59.0 Å². The average molecular weight is 884 g/mol. The number of thioether (sulfide) groups is 1. The lowest BCUT2D eigenvalue weighted by Crippen LogP contribution is -2.63. The van der Waals surface area contributed by atoms with Gasteiger partial charge in [0.15, 0.2) is 0 Å². The third kappa shape index (κ3) is 10.1. The maximum Gasteiger partial charge on any atom is 0.410 e. The molecule has 6 rings (SSSR count). The van der Waals surface area contributed by atoms with Gasteiger partial charge in [0.1, 0.15) is 25.0 Å². The van der Waals surface area contributed by atoms with Gasteiger partial charge in [0, 0.05) is 72.6 Å². The first-order valence-electron chi connectivity index (χ1n) is 19.7. The number of hydrogen-bond acceptors (Lipinski definition) is 15. The zero-order valence-corrected chi connectivity index (χ0v) is 34.3. The van der Waals surface area contributed by atoms with E-state index in [2.05, 4.69) is 10.6 Å². The summed E-state index contributed by atoms with van der Waals surface area (Å²) in [6, 6.07) is 8.62. The number of fused-ring (bicyclic) bond motifs is 1. The Morgan fingerprint density at radius 1 is 0.935 bits per heavy atom. The number of rotatable bonds is 16. The Bertz CT molecular complexity index is 2140. The van der Waals surface area contributed by atoms with Gasteiger partial charge in [0.05, 0.1) is 40.4 Å². The van der Waals surface area contributed by atoms with Crippen molar-refractivity contribution in [1.82, 2.24) is 25.3 Å². The van der Waals surface area contributed by atoms with Gasteiger partial charge < -0.3 is 45.2 Å². The molecule has 3 saturated heterocycles. The van der Waals surface area contributed by atoms with E-state index < -0.39 is 99.6 Å². The van der Waals surface area contributed by atoms with Crippen molar-refractivity contribution in [2.24, 2.45) is 11.8 Å². The summed E-state index contributed by atoms with van der Waals surface area (Å²) in [4.78, 5) is 103. The lowest BCUT2D eigenvalue weighted by Gasteiger charge is -2.46. The van der Waals surface area contributed by atoms with E-state index in [-0.39, 0.29) is 62.9 Å². The van der Waals surface area contributed by atoms with E-state index in [9.17, 15) is 64.3 Å². The van der Waals surface area contributed by atoms with E-state index >= 15 is 0 Å². The SMILES string of the molecule is C[C@@H](O)[C@H]1C(=O)N2C(C(=O)O)=C(S[C@H]3C[C@@H](C(=O)N4CC[C@H](NC(=O)CC(O)CNC(=O)OCc5ccc([N+](=O)[O-])cc5)C4)N(C(=O)OCc4ccc([N+](=O)[O-])cc4)C3)[C@H](C)[C@H]12. The molecule has 0 aromatic heterocycles. The zero-order chi connectivity index (χ0) is 45.0. The second-order valence-electron chi connectivity index (χ2n) is 15.5. The third-order valence-electron chi connectivity index (χ3n) is 11.2. The molecule has 3 fully saturated rings. The number of carboxylic acids is 1. The third-order valence-corrected chi connectivity index (χ3v) is 12.7. The Hall–Kier alpha value is -6.33. The number of ether oxygens (including phenoxy) is 2. The molecule has 23 heteroatoms. The standard InChI is InChI=1S/C39H45N7O15S/c1-20-32-31(21(2)47)36(51)44(32)33(37(52)53)34(20)62-28-14-29(43(17-28)39(55)61-19-23-5-9-26(10-6-23)46(58)59)35(50)42-12-11-24(16-42)41-30(49)13-27(48)15-40-38(54)60-18-22-3-7-25(8-4-22)45(56)57/h3-10,20-21,24,27-29,31-32,47-48H,11-19H2,1-2H3,(H,40,54)(H,41,49)(H,52,53)/t20-,21-,24+,27?,28+,29+,31-,32-/m1/s1. The van der Waals surface area contributed by atoms with Gasteiger partial charge in [-0.2, -0.15) is 0 Å². The predicted octanol–water partition coefficient (Wildman–Crippen LogP) is 1.86. The summed E-state index contributed by atoms with van der Waals surface area (Å²) in [5, 5.41) is 57.3. The molecule has 4 heterocycles. The van der Waals surface area contributed by atoms with E-state index in [1.807, 2.05) is 0 Å². The smallest absolute Gasteiger partial charge is 0.410 e. The number of β-lactam (4-membered cyclic amide) rings is 1. The molecule has 2 aromatic carbocycles.